The summed E-state index contributed by atoms with van der Waals surface area (Å²) in [5.41, 5.74) is 0.572. The number of hydrogen-bond donors (Lipinski definition) is 1. The van der Waals surface area contributed by atoms with Crippen LogP contribution in [0.2, 0.25) is 0 Å². The molecule has 1 saturated carbocycles. The Kier molecular flexibility index (Phi) is 5.46. The number of methoxy groups -OCH3 is 1. The first-order valence-electron chi connectivity index (χ1n) is 7.64. The van der Waals surface area contributed by atoms with Gasteiger partial charge in [0.1, 0.15) is 0 Å². The number of hydrogen-bond acceptors (Lipinski definition) is 3. The van der Waals surface area contributed by atoms with Crippen molar-refractivity contribution in [3.63, 3.8) is 0 Å². The Morgan fingerprint density at radius 3 is 2.44 bits per heavy atom. The molecule has 1 saturated heterocycles. The molecule has 0 aromatic heterocycles. The van der Waals surface area contributed by atoms with E-state index in [1.807, 2.05) is 7.11 Å². The van der Waals surface area contributed by atoms with E-state index in [4.69, 9.17) is 4.74 Å². The summed E-state index contributed by atoms with van der Waals surface area (Å²) in [5, 5.41) is 3.42. The highest BCUT2D eigenvalue weighted by molar-refractivity contribution is 4.90. The van der Waals surface area contributed by atoms with Gasteiger partial charge < -0.3 is 15.0 Å². The van der Waals surface area contributed by atoms with Gasteiger partial charge in [-0.3, -0.25) is 0 Å². The van der Waals surface area contributed by atoms with Crippen LogP contribution in [-0.2, 0) is 4.74 Å². The molecule has 0 spiro atoms. The highest BCUT2D eigenvalue weighted by Gasteiger charge is 2.35. The number of nitrogens with zero attached hydrogens (tertiary/aromatic N) is 1. The van der Waals surface area contributed by atoms with Crippen LogP contribution in [0.4, 0.5) is 0 Å². The van der Waals surface area contributed by atoms with Crippen molar-refractivity contribution in [2.24, 2.45) is 11.3 Å². The second-order valence-electron chi connectivity index (χ2n) is 6.41. The maximum Gasteiger partial charge on any atom is 0.0491 e. The molecule has 0 radical (unpaired) electrons. The van der Waals surface area contributed by atoms with Crippen molar-refractivity contribution in [1.29, 1.82) is 0 Å². The van der Waals surface area contributed by atoms with Gasteiger partial charge in [0.15, 0.2) is 0 Å². The van der Waals surface area contributed by atoms with E-state index >= 15 is 0 Å². The highest BCUT2D eigenvalue weighted by atomic mass is 16.5. The summed E-state index contributed by atoms with van der Waals surface area (Å²) in [6.07, 6.45) is 8.36. The smallest absolute Gasteiger partial charge is 0.0491 e. The SMILES string of the molecule is CNCC1(CN2CCC(COC)CC2)CCCC1. The third-order valence-corrected chi connectivity index (χ3v) is 4.88. The van der Waals surface area contributed by atoms with E-state index in [0.29, 0.717) is 5.41 Å². The van der Waals surface area contributed by atoms with Crippen molar-refractivity contribution < 1.29 is 4.74 Å². The average molecular weight is 254 g/mol. The average Bonchev–Trinajstić information content (AvgIpc) is 2.81. The van der Waals surface area contributed by atoms with Gasteiger partial charge in [0.2, 0.25) is 0 Å². The molecule has 0 atom stereocenters. The van der Waals surface area contributed by atoms with E-state index in [9.17, 15) is 0 Å². The molecule has 3 nitrogen and oxygen atoms in total. The molecular formula is C15H30N2O. The molecule has 0 unspecified atom stereocenters. The van der Waals surface area contributed by atoms with Gasteiger partial charge in [-0.2, -0.15) is 0 Å². The molecule has 2 aliphatic rings. The van der Waals surface area contributed by atoms with Gasteiger partial charge in [0.05, 0.1) is 0 Å². The van der Waals surface area contributed by atoms with Crippen LogP contribution < -0.4 is 5.32 Å². The molecule has 1 aliphatic heterocycles. The first-order chi connectivity index (χ1) is 8.78. The Balaban J connectivity index is 1.79. The van der Waals surface area contributed by atoms with Crippen molar-refractivity contribution in [3.05, 3.63) is 0 Å². The molecule has 0 bridgehead atoms. The maximum absolute atomic E-state index is 5.28. The molecule has 2 fully saturated rings. The lowest BCUT2D eigenvalue weighted by Gasteiger charge is -2.39. The zero-order valence-corrected chi connectivity index (χ0v) is 12.2. The molecule has 2 rings (SSSR count). The quantitative estimate of drug-likeness (QED) is 0.786. The number of likely N-dealkylation sites (tertiary alicyclic amines) is 1. The summed E-state index contributed by atoms with van der Waals surface area (Å²) >= 11 is 0. The van der Waals surface area contributed by atoms with Crippen LogP contribution >= 0.6 is 0 Å². The Morgan fingerprint density at radius 2 is 1.89 bits per heavy atom. The number of piperidine rings is 1. The summed E-state index contributed by atoms with van der Waals surface area (Å²) in [7, 11) is 3.93. The number of nitrogens with one attached hydrogen (secondary N) is 1. The van der Waals surface area contributed by atoms with Gasteiger partial charge >= 0.3 is 0 Å². The molecule has 3 heteroatoms. The van der Waals surface area contributed by atoms with Crippen LogP contribution in [0.1, 0.15) is 38.5 Å². The Morgan fingerprint density at radius 1 is 1.22 bits per heavy atom. The predicted molar refractivity (Wildman–Crippen MR) is 75.9 cm³/mol. The molecule has 0 aromatic carbocycles. The molecule has 1 N–H and O–H groups in total. The summed E-state index contributed by atoms with van der Waals surface area (Å²) in [4.78, 5) is 2.70. The lowest BCUT2D eigenvalue weighted by molar-refractivity contribution is 0.0743. The molecule has 0 amide bonds. The van der Waals surface area contributed by atoms with Gasteiger partial charge in [-0.15, -0.1) is 0 Å². The van der Waals surface area contributed by atoms with E-state index in [2.05, 4.69) is 17.3 Å². The third kappa shape index (κ3) is 3.69. The third-order valence-electron chi connectivity index (χ3n) is 4.88. The Bertz CT molecular complexity index is 231. The predicted octanol–water partition coefficient (Wildman–Crippen LogP) is 2.12. The van der Waals surface area contributed by atoms with Crippen LogP contribution in [0.3, 0.4) is 0 Å². The van der Waals surface area contributed by atoms with Gasteiger partial charge in [0, 0.05) is 26.8 Å². The van der Waals surface area contributed by atoms with Crippen LogP contribution in [0.15, 0.2) is 0 Å². The Labute approximate surface area is 112 Å². The van der Waals surface area contributed by atoms with Crippen molar-refractivity contribution >= 4 is 0 Å². The van der Waals surface area contributed by atoms with E-state index in [0.717, 1.165) is 12.5 Å². The zero-order chi connectivity index (χ0) is 12.8. The molecule has 1 aliphatic carbocycles. The lowest BCUT2D eigenvalue weighted by atomic mass is 9.84. The fourth-order valence-corrected chi connectivity index (χ4v) is 3.91. The van der Waals surface area contributed by atoms with Gasteiger partial charge in [-0.25, -0.2) is 0 Å². The maximum atomic E-state index is 5.28. The first-order valence-corrected chi connectivity index (χ1v) is 7.64. The molecule has 106 valence electrons. The molecule has 0 aromatic rings. The standard InChI is InChI=1S/C15H30N2O/c1-16-12-15(7-3-4-8-15)13-17-9-5-14(6-10-17)11-18-2/h14,16H,3-13H2,1-2H3. The number of ether oxygens (including phenoxy) is 1. The van der Waals surface area contributed by atoms with Crippen molar-refractivity contribution in [1.82, 2.24) is 10.2 Å². The second kappa shape index (κ2) is 6.88. The van der Waals surface area contributed by atoms with E-state index in [1.165, 1.54) is 64.7 Å². The fraction of sp³-hybridized carbons (Fsp3) is 1.00. The largest absolute Gasteiger partial charge is 0.384 e. The summed E-state index contributed by atoms with van der Waals surface area (Å²) in [6, 6.07) is 0. The molecule has 18 heavy (non-hydrogen) atoms. The van der Waals surface area contributed by atoms with Crippen LogP contribution in [-0.4, -0.2) is 51.8 Å². The Hall–Kier alpha value is -0.120. The van der Waals surface area contributed by atoms with Crippen LogP contribution in [0, 0.1) is 11.3 Å². The van der Waals surface area contributed by atoms with Crippen molar-refractivity contribution in [3.8, 4) is 0 Å². The fourth-order valence-electron chi connectivity index (χ4n) is 3.91. The van der Waals surface area contributed by atoms with Crippen LogP contribution in [0.25, 0.3) is 0 Å². The van der Waals surface area contributed by atoms with E-state index in [1.54, 1.807) is 0 Å². The van der Waals surface area contributed by atoms with Gasteiger partial charge in [-0.1, -0.05) is 12.8 Å². The zero-order valence-electron chi connectivity index (χ0n) is 12.2. The molecule has 1 heterocycles. The van der Waals surface area contributed by atoms with Crippen molar-refractivity contribution in [2.75, 3.05) is 46.9 Å². The lowest BCUT2D eigenvalue weighted by Crippen LogP contribution is -2.45. The van der Waals surface area contributed by atoms with Gasteiger partial charge in [0.25, 0.3) is 0 Å². The van der Waals surface area contributed by atoms with Crippen molar-refractivity contribution in [2.45, 2.75) is 38.5 Å². The van der Waals surface area contributed by atoms with Crippen LogP contribution in [0.5, 0.6) is 0 Å². The minimum Gasteiger partial charge on any atom is -0.384 e. The number of rotatable bonds is 6. The second-order valence-corrected chi connectivity index (χ2v) is 6.41. The molecular weight excluding hydrogens is 224 g/mol. The summed E-state index contributed by atoms with van der Waals surface area (Å²) in [5.74, 6) is 0.801. The normalized spacial score (nSPS) is 25.7. The minimum absolute atomic E-state index is 0.572. The van der Waals surface area contributed by atoms with E-state index in [-0.39, 0.29) is 0 Å². The topological polar surface area (TPSA) is 24.5 Å². The van der Waals surface area contributed by atoms with Gasteiger partial charge in [-0.05, 0) is 57.2 Å². The summed E-state index contributed by atoms with van der Waals surface area (Å²) in [6.45, 7) is 6.02. The monoisotopic (exact) mass is 254 g/mol. The highest BCUT2D eigenvalue weighted by Crippen LogP contribution is 2.38. The van der Waals surface area contributed by atoms with E-state index < -0.39 is 0 Å². The first kappa shape index (κ1) is 14.3. The minimum atomic E-state index is 0.572. The summed E-state index contributed by atoms with van der Waals surface area (Å²) < 4.78 is 5.28.